The van der Waals surface area contributed by atoms with Crippen LogP contribution in [0.5, 0.6) is 5.75 Å². The molecule has 0 atom stereocenters. The van der Waals surface area contributed by atoms with Crippen molar-refractivity contribution in [1.82, 2.24) is 15.1 Å². The lowest BCUT2D eigenvalue weighted by atomic mass is 9.92. The lowest BCUT2D eigenvalue weighted by Crippen LogP contribution is -2.40. The Balaban J connectivity index is 2.22. The number of carbonyl (C=O) groups excluding carboxylic acids is 1. The maximum atomic E-state index is 11.9. The van der Waals surface area contributed by atoms with Gasteiger partial charge in [0.15, 0.2) is 0 Å². The van der Waals surface area contributed by atoms with Crippen LogP contribution in [0.1, 0.15) is 52.8 Å². The number of amides is 1. The number of rotatable bonds is 4. The highest BCUT2D eigenvalue weighted by Gasteiger charge is 2.20. The van der Waals surface area contributed by atoms with Crippen molar-refractivity contribution in [2.75, 3.05) is 12.8 Å². The lowest BCUT2D eigenvalue weighted by Gasteiger charge is -2.20. The van der Waals surface area contributed by atoms with Gasteiger partial charge in [-0.3, -0.25) is 0 Å². The van der Waals surface area contributed by atoms with Crippen molar-refractivity contribution in [1.29, 1.82) is 0 Å². The minimum atomic E-state index is -0.472. The van der Waals surface area contributed by atoms with Crippen molar-refractivity contribution >= 4 is 11.9 Å². The van der Waals surface area contributed by atoms with Gasteiger partial charge < -0.3 is 20.5 Å². The first-order valence-electron chi connectivity index (χ1n) is 8.89. The highest BCUT2D eigenvalue weighted by atomic mass is 16.5. The summed E-state index contributed by atoms with van der Waals surface area (Å²) in [6.07, 6.45) is -0.472. The third-order valence-corrected chi connectivity index (χ3v) is 3.86. The summed E-state index contributed by atoms with van der Waals surface area (Å²) < 4.78 is 12.4. The molecule has 0 unspecified atom stereocenters. The van der Waals surface area contributed by atoms with E-state index >= 15 is 0 Å². The topological polar surface area (TPSA) is 91.4 Å². The number of nitrogens with two attached hydrogens (primary N) is 1. The van der Waals surface area contributed by atoms with Gasteiger partial charge in [-0.1, -0.05) is 20.8 Å². The molecule has 0 aliphatic rings. The highest BCUT2D eigenvalue weighted by Crippen LogP contribution is 2.28. The summed E-state index contributed by atoms with van der Waals surface area (Å²) in [5, 5.41) is 7.37. The Morgan fingerprint density at radius 3 is 2.37 bits per heavy atom. The lowest BCUT2D eigenvalue weighted by molar-refractivity contribution is 0.130. The van der Waals surface area contributed by atoms with E-state index in [1.807, 2.05) is 45.0 Å². The Hall–Kier alpha value is -2.70. The number of ether oxygens (including phenoxy) is 2. The van der Waals surface area contributed by atoms with Crippen LogP contribution in [0.2, 0.25) is 0 Å². The second-order valence-corrected chi connectivity index (χ2v) is 8.56. The Morgan fingerprint density at radius 1 is 1.19 bits per heavy atom. The molecule has 1 amide bonds. The number of nitrogens with zero attached hydrogens (tertiary/aromatic N) is 2. The van der Waals surface area contributed by atoms with Gasteiger partial charge in [-0.15, -0.1) is 0 Å². The van der Waals surface area contributed by atoms with E-state index in [-0.39, 0.29) is 17.6 Å². The molecule has 27 heavy (non-hydrogen) atoms. The van der Waals surface area contributed by atoms with Crippen molar-refractivity contribution in [2.24, 2.45) is 0 Å². The molecular weight excluding hydrogens is 344 g/mol. The molecule has 2 aromatic rings. The Morgan fingerprint density at radius 2 is 1.85 bits per heavy atom. The first-order valence-corrected chi connectivity index (χ1v) is 8.89. The maximum Gasteiger partial charge on any atom is 0.407 e. The molecule has 1 aromatic heterocycles. The summed E-state index contributed by atoms with van der Waals surface area (Å²) in [4.78, 5) is 11.9. The van der Waals surface area contributed by atoms with Crippen LogP contribution in [-0.2, 0) is 16.8 Å². The van der Waals surface area contributed by atoms with E-state index < -0.39 is 6.09 Å². The van der Waals surface area contributed by atoms with Crippen LogP contribution in [0.25, 0.3) is 5.69 Å². The molecule has 0 fully saturated rings. The predicted octanol–water partition coefficient (Wildman–Crippen LogP) is 3.79. The summed E-state index contributed by atoms with van der Waals surface area (Å²) in [6.45, 7) is 12.0. The molecule has 0 aliphatic carbocycles. The van der Waals surface area contributed by atoms with E-state index in [1.165, 1.54) is 0 Å². The van der Waals surface area contributed by atoms with Crippen LogP contribution >= 0.6 is 0 Å². The number of nitrogens with one attached hydrogen (secondary N) is 1. The normalized spacial score (nSPS) is 12.0. The fourth-order valence-electron chi connectivity index (χ4n) is 2.44. The number of anilines is 1. The summed E-state index contributed by atoms with van der Waals surface area (Å²) in [6, 6.07) is 7.42. The van der Waals surface area contributed by atoms with Crippen LogP contribution < -0.4 is 15.8 Å². The van der Waals surface area contributed by atoms with Crippen molar-refractivity contribution in [3.63, 3.8) is 0 Å². The maximum absolute atomic E-state index is 11.9. The number of methoxy groups -OCH3 is 1. The Bertz CT molecular complexity index is 814. The third kappa shape index (κ3) is 5.39. The molecule has 0 bridgehead atoms. The van der Waals surface area contributed by atoms with Crippen molar-refractivity contribution < 1.29 is 14.3 Å². The van der Waals surface area contributed by atoms with Gasteiger partial charge in [0.2, 0.25) is 0 Å². The van der Waals surface area contributed by atoms with Crippen LogP contribution in [0.4, 0.5) is 10.6 Å². The fraction of sp³-hybridized carbons (Fsp3) is 0.500. The minimum Gasteiger partial charge on any atom is -0.496 e. The van der Waals surface area contributed by atoms with Gasteiger partial charge in [0.25, 0.3) is 0 Å². The van der Waals surface area contributed by atoms with E-state index in [9.17, 15) is 4.79 Å². The van der Waals surface area contributed by atoms with Crippen LogP contribution in [0, 0.1) is 0 Å². The minimum absolute atomic E-state index is 0.0996. The second kappa shape index (κ2) is 7.50. The number of hydrogen-bond donors (Lipinski definition) is 2. The summed E-state index contributed by atoms with van der Waals surface area (Å²) in [7, 11) is 1.57. The van der Waals surface area contributed by atoms with Crippen LogP contribution in [0.3, 0.4) is 0 Å². The second-order valence-electron chi connectivity index (χ2n) is 8.56. The van der Waals surface area contributed by atoms with Gasteiger partial charge >= 0.3 is 6.09 Å². The number of aromatic nitrogens is 2. The molecule has 0 aliphatic heterocycles. The standard InChI is InChI=1S/C20H30N4O3/c1-19(2,3)16-11-17(21)24(23-16)14-9-8-13(15(10-14)26-7)12-27-18(25)22-20(4,5)6/h8-11H,12,21H2,1-7H3,(H,22,25). The van der Waals surface area contributed by atoms with E-state index in [4.69, 9.17) is 15.2 Å². The number of carbonyl (C=O) groups is 1. The zero-order valence-corrected chi connectivity index (χ0v) is 17.2. The van der Waals surface area contributed by atoms with E-state index in [1.54, 1.807) is 11.8 Å². The van der Waals surface area contributed by atoms with Crippen molar-refractivity contribution in [3.8, 4) is 11.4 Å². The third-order valence-electron chi connectivity index (χ3n) is 3.86. The van der Waals surface area contributed by atoms with Crippen molar-refractivity contribution in [2.45, 2.75) is 59.1 Å². The van der Waals surface area contributed by atoms with Gasteiger partial charge in [0.05, 0.1) is 18.5 Å². The quantitative estimate of drug-likeness (QED) is 0.850. The van der Waals surface area contributed by atoms with Gasteiger partial charge in [-0.2, -0.15) is 5.10 Å². The molecule has 0 saturated carbocycles. The van der Waals surface area contributed by atoms with E-state index in [2.05, 4.69) is 31.2 Å². The van der Waals surface area contributed by atoms with Gasteiger partial charge in [0, 0.05) is 28.7 Å². The smallest absolute Gasteiger partial charge is 0.407 e. The molecule has 0 spiro atoms. The number of nitrogen functional groups attached to an aromatic ring is 1. The largest absolute Gasteiger partial charge is 0.496 e. The summed E-state index contributed by atoms with van der Waals surface area (Å²) in [5.41, 5.74) is 8.13. The number of hydrogen-bond acceptors (Lipinski definition) is 5. The average molecular weight is 374 g/mol. The first kappa shape index (κ1) is 20.6. The van der Waals surface area contributed by atoms with Gasteiger partial charge in [-0.05, 0) is 32.9 Å². The van der Waals surface area contributed by atoms with Crippen LogP contribution in [-0.4, -0.2) is 28.5 Å². The van der Waals surface area contributed by atoms with E-state index in [0.29, 0.717) is 11.6 Å². The average Bonchev–Trinajstić information content (AvgIpc) is 2.93. The predicted molar refractivity (Wildman–Crippen MR) is 106 cm³/mol. The zero-order valence-electron chi connectivity index (χ0n) is 17.2. The molecule has 1 heterocycles. The SMILES string of the molecule is COc1cc(-n2nc(C(C)(C)C)cc2N)ccc1COC(=O)NC(C)(C)C. The molecule has 0 saturated heterocycles. The molecule has 3 N–H and O–H groups in total. The Kier molecular flexibility index (Phi) is 5.73. The van der Waals surface area contributed by atoms with E-state index in [0.717, 1.165) is 16.9 Å². The van der Waals surface area contributed by atoms with Gasteiger partial charge in [0.1, 0.15) is 18.2 Å². The van der Waals surface area contributed by atoms with Crippen molar-refractivity contribution in [3.05, 3.63) is 35.5 Å². The Labute approximate surface area is 160 Å². The first-order chi connectivity index (χ1) is 12.4. The molecule has 0 radical (unpaired) electrons. The molecule has 2 rings (SSSR count). The summed E-state index contributed by atoms with van der Waals surface area (Å²) >= 11 is 0. The molecular formula is C20H30N4O3. The summed E-state index contributed by atoms with van der Waals surface area (Å²) in [5.74, 6) is 1.15. The van der Waals surface area contributed by atoms with Gasteiger partial charge in [-0.25, -0.2) is 9.48 Å². The molecule has 1 aromatic carbocycles. The number of alkyl carbamates (subject to hydrolysis) is 1. The molecule has 7 heteroatoms. The monoisotopic (exact) mass is 374 g/mol. The molecule has 148 valence electrons. The molecule has 7 nitrogen and oxygen atoms in total. The number of benzene rings is 1. The zero-order chi connectivity index (χ0) is 20.4. The fourth-order valence-corrected chi connectivity index (χ4v) is 2.44. The highest BCUT2D eigenvalue weighted by molar-refractivity contribution is 5.68. The van der Waals surface area contributed by atoms with Crippen LogP contribution in [0.15, 0.2) is 24.3 Å².